The molecule has 1 aliphatic rings. The van der Waals surface area contributed by atoms with Gasteiger partial charge in [0.15, 0.2) is 0 Å². The number of amides is 2. The van der Waals surface area contributed by atoms with E-state index in [1.54, 1.807) is 11.8 Å². The number of ether oxygens (including phenoxy) is 1. The molecule has 0 bridgehead atoms. The zero-order valence-corrected chi connectivity index (χ0v) is 13.1. The van der Waals surface area contributed by atoms with Gasteiger partial charge in [-0.15, -0.1) is 0 Å². The summed E-state index contributed by atoms with van der Waals surface area (Å²) in [5, 5.41) is 2.72. The lowest BCUT2D eigenvalue weighted by Gasteiger charge is -2.49. The van der Waals surface area contributed by atoms with Crippen LogP contribution in [0.25, 0.3) is 0 Å². The van der Waals surface area contributed by atoms with Gasteiger partial charge in [0.25, 0.3) is 0 Å². The van der Waals surface area contributed by atoms with Crippen molar-refractivity contribution in [2.75, 3.05) is 11.9 Å². The molecule has 0 aliphatic carbocycles. The smallest absolute Gasteiger partial charge is 0.387 e. The summed E-state index contributed by atoms with van der Waals surface area (Å²) < 4.78 is 28.4. The van der Waals surface area contributed by atoms with Crippen molar-refractivity contribution >= 4 is 17.5 Å². The van der Waals surface area contributed by atoms with Crippen molar-refractivity contribution in [3.8, 4) is 5.75 Å². The van der Waals surface area contributed by atoms with Crippen LogP contribution in [0.1, 0.15) is 33.1 Å². The summed E-state index contributed by atoms with van der Waals surface area (Å²) in [7, 11) is 0. The van der Waals surface area contributed by atoms with E-state index in [0.29, 0.717) is 25.1 Å². The Hall–Kier alpha value is -2.18. The van der Waals surface area contributed by atoms with Crippen LogP contribution in [-0.2, 0) is 9.59 Å². The first kappa shape index (κ1) is 17.2. The molecular formula is C16H20F2N2O3. The number of likely N-dealkylation sites (tertiary alicyclic amines) is 1. The maximum absolute atomic E-state index is 12.4. The lowest BCUT2D eigenvalue weighted by molar-refractivity contribution is -0.154. The number of anilines is 1. The van der Waals surface area contributed by atoms with Crippen molar-refractivity contribution in [3.05, 3.63) is 24.3 Å². The number of halogens is 2. The number of nitrogens with zero attached hydrogens (tertiary/aromatic N) is 1. The van der Waals surface area contributed by atoms with Crippen LogP contribution in [0, 0.1) is 0 Å². The molecule has 0 spiro atoms. The summed E-state index contributed by atoms with van der Waals surface area (Å²) >= 11 is 0. The summed E-state index contributed by atoms with van der Waals surface area (Å²) in [6.07, 6.45) is 1.75. The molecular weight excluding hydrogens is 306 g/mol. The van der Waals surface area contributed by atoms with Gasteiger partial charge >= 0.3 is 6.61 Å². The van der Waals surface area contributed by atoms with E-state index in [-0.39, 0.29) is 17.6 Å². The Labute approximate surface area is 133 Å². The highest BCUT2D eigenvalue weighted by Gasteiger charge is 2.48. The maximum Gasteiger partial charge on any atom is 0.387 e. The Morgan fingerprint density at radius 2 is 2.00 bits per heavy atom. The molecule has 2 rings (SSSR count). The molecule has 2 amide bonds. The summed E-state index contributed by atoms with van der Waals surface area (Å²) in [5.74, 6) is -0.291. The Kier molecular flexibility index (Phi) is 5.18. The quantitative estimate of drug-likeness (QED) is 0.874. The minimum absolute atomic E-state index is 0.0209. The van der Waals surface area contributed by atoms with Crippen molar-refractivity contribution < 1.29 is 23.1 Å². The Morgan fingerprint density at radius 3 is 2.48 bits per heavy atom. The third-order valence-corrected chi connectivity index (χ3v) is 4.01. The Morgan fingerprint density at radius 1 is 1.35 bits per heavy atom. The van der Waals surface area contributed by atoms with Crippen molar-refractivity contribution in [2.45, 2.75) is 45.3 Å². The van der Waals surface area contributed by atoms with E-state index in [1.165, 1.54) is 24.3 Å². The lowest BCUT2D eigenvalue weighted by atomic mass is 9.85. The predicted octanol–water partition coefficient (Wildman–Crippen LogP) is 3.02. The number of hydrogen-bond acceptors (Lipinski definition) is 3. The second-order valence-electron chi connectivity index (χ2n) is 5.68. The van der Waals surface area contributed by atoms with Gasteiger partial charge in [-0.1, -0.05) is 6.92 Å². The highest BCUT2D eigenvalue weighted by Crippen LogP contribution is 2.32. The number of carbonyl (C=O) groups excluding carboxylic acids is 2. The molecule has 23 heavy (non-hydrogen) atoms. The minimum atomic E-state index is -2.89. The molecule has 1 saturated heterocycles. The standard InChI is InChI=1S/C16H20F2N2O3/c1-3-4-13(21)20-10-9-16(20,2)14(22)19-11-5-7-12(8-6-11)23-15(17)18/h5-8,15H,3-4,9-10H2,1-2H3,(H,19,22). The molecule has 1 fully saturated rings. The predicted molar refractivity (Wildman–Crippen MR) is 81.3 cm³/mol. The average Bonchev–Trinajstić information content (AvgIpc) is 2.47. The number of carbonyl (C=O) groups is 2. The summed E-state index contributed by atoms with van der Waals surface area (Å²) in [5.41, 5.74) is -0.391. The molecule has 1 atom stereocenters. The largest absolute Gasteiger partial charge is 0.435 e. The third kappa shape index (κ3) is 3.78. The van der Waals surface area contributed by atoms with Crippen molar-refractivity contribution in [1.82, 2.24) is 4.90 Å². The molecule has 0 saturated carbocycles. The van der Waals surface area contributed by atoms with Gasteiger partial charge in [-0.25, -0.2) is 0 Å². The number of hydrogen-bond donors (Lipinski definition) is 1. The molecule has 1 aliphatic heterocycles. The van der Waals surface area contributed by atoms with Crippen molar-refractivity contribution in [2.24, 2.45) is 0 Å². The van der Waals surface area contributed by atoms with E-state index in [2.05, 4.69) is 10.1 Å². The normalized spacial score (nSPS) is 20.1. The van der Waals surface area contributed by atoms with Crippen LogP contribution in [-0.4, -0.2) is 35.4 Å². The molecule has 126 valence electrons. The molecule has 7 heteroatoms. The van der Waals surface area contributed by atoms with Gasteiger partial charge in [0.2, 0.25) is 11.8 Å². The van der Waals surface area contributed by atoms with E-state index < -0.39 is 12.2 Å². The fraction of sp³-hybridized carbons (Fsp3) is 0.500. The zero-order valence-electron chi connectivity index (χ0n) is 13.1. The number of rotatable bonds is 6. The number of nitrogens with one attached hydrogen (secondary N) is 1. The highest BCUT2D eigenvalue weighted by atomic mass is 19.3. The number of alkyl halides is 2. The molecule has 5 nitrogen and oxygen atoms in total. The monoisotopic (exact) mass is 326 g/mol. The third-order valence-electron chi connectivity index (χ3n) is 4.01. The van der Waals surface area contributed by atoms with Crippen LogP contribution in [0.5, 0.6) is 5.75 Å². The van der Waals surface area contributed by atoms with Gasteiger partial charge in [-0.05, 0) is 44.0 Å². The summed E-state index contributed by atoms with van der Waals surface area (Å²) in [6, 6.07) is 5.67. The van der Waals surface area contributed by atoms with E-state index in [1.807, 2.05) is 6.92 Å². The maximum atomic E-state index is 12.4. The summed E-state index contributed by atoms with van der Waals surface area (Å²) in [4.78, 5) is 26.0. The molecule has 1 aromatic rings. The molecule has 1 unspecified atom stereocenters. The van der Waals surface area contributed by atoms with Crippen LogP contribution in [0.2, 0.25) is 0 Å². The Bertz CT molecular complexity index is 577. The van der Waals surface area contributed by atoms with Crippen molar-refractivity contribution in [3.63, 3.8) is 0 Å². The molecule has 0 radical (unpaired) electrons. The molecule has 1 heterocycles. The summed E-state index contributed by atoms with van der Waals surface area (Å²) in [6.45, 7) is 1.33. The van der Waals surface area contributed by atoms with Crippen LogP contribution in [0.15, 0.2) is 24.3 Å². The minimum Gasteiger partial charge on any atom is -0.435 e. The topological polar surface area (TPSA) is 58.6 Å². The Balaban J connectivity index is 1.99. The lowest BCUT2D eigenvalue weighted by Crippen LogP contribution is -2.66. The van der Waals surface area contributed by atoms with Crippen LogP contribution in [0.4, 0.5) is 14.5 Å². The first-order valence-electron chi connectivity index (χ1n) is 7.53. The van der Waals surface area contributed by atoms with Gasteiger partial charge < -0.3 is 15.0 Å². The van der Waals surface area contributed by atoms with Gasteiger partial charge in [-0.2, -0.15) is 8.78 Å². The zero-order chi connectivity index (χ0) is 17.0. The van der Waals surface area contributed by atoms with Crippen LogP contribution in [0.3, 0.4) is 0 Å². The average molecular weight is 326 g/mol. The van der Waals surface area contributed by atoms with Crippen molar-refractivity contribution in [1.29, 1.82) is 0 Å². The van der Waals surface area contributed by atoms with Crippen LogP contribution >= 0.6 is 0 Å². The second kappa shape index (κ2) is 6.93. The van der Waals surface area contributed by atoms with Gasteiger partial charge in [0.05, 0.1) is 0 Å². The van der Waals surface area contributed by atoms with E-state index in [9.17, 15) is 18.4 Å². The van der Waals surface area contributed by atoms with E-state index in [4.69, 9.17) is 0 Å². The van der Waals surface area contributed by atoms with Gasteiger partial charge in [0, 0.05) is 18.7 Å². The van der Waals surface area contributed by atoms with Crippen LogP contribution < -0.4 is 10.1 Å². The first-order valence-corrected chi connectivity index (χ1v) is 7.53. The number of benzene rings is 1. The molecule has 1 aromatic carbocycles. The van der Waals surface area contributed by atoms with Gasteiger partial charge in [0.1, 0.15) is 11.3 Å². The van der Waals surface area contributed by atoms with E-state index in [0.717, 1.165) is 6.42 Å². The van der Waals surface area contributed by atoms with E-state index >= 15 is 0 Å². The molecule has 0 aromatic heterocycles. The fourth-order valence-electron chi connectivity index (χ4n) is 2.53. The van der Waals surface area contributed by atoms with Gasteiger partial charge in [-0.3, -0.25) is 9.59 Å². The SMILES string of the molecule is CCCC(=O)N1CCC1(C)C(=O)Nc1ccc(OC(F)F)cc1. The molecule has 1 N–H and O–H groups in total. The highest BCUT2D eigenvalue weighted by molar-refractivity contribution is 6.01. The first-order chi connectivity index (χ1) is 10.9. The fourth-order valence-corrected chi connectivity index (χ4v) is 2.53. The second-order valence-corrected chi connectivity index (χ2v) is 5.68.